The van der Waals surface area contributed by atoms with E-state index >= 15 is 0 Å². The van der Waals surface area contributed by atoms with Gasteiger partial charge in [0.2, 0.25) is 5.89 Å². The Morgan fingerprint density at radius 2 is 2.00 bits per heavy atom. The summed E-state index contributed by atoms with van der Waals surface area (Å²) in [5.74, 6) is 0.408. The maximum Gasteiger partial charge on any atom is 0.387 e. The molecule has 124 valence electrons. The first-order chi connectivity index (χ1) is 11.5. The van der Waals surface area contributed by atoms with E-state index in [1.807, 2.05) is 12.1 Å². The van der Waals surface area contributed by atoms with Crippen LogP contribution in [0.4, 0.5) is 8.78 Å². The van der Waals surface area contributed by atoms with E-state index in [1.165, 1.54) is 6.07 Å². The number of hydrogen-bond donors (Lipinski definition) is 0. The van der Waals surface area contributed by atoms with Crippen molar-refractivity contribution in [2.45, 2.75) is 13.0 Å². The SMILES string of the molecule is FC(F)Oc1ccc(Br)cc1-c1nnc(Cc2cccc(Cl)c2)o1. The average molecular weight is 416 g/mol. The Hall–Kier alpha value is -1.99. The summed E-state index contributed by atoms with van der Waals surface area (Å²) in [6, 6.07) is 11.8. The van der Waals surface area contributed by atoms with E-state index in [4.69, 9.17) is 16.0 Å². The molecule has 0 spiro atoms. The standard InChI is InChI=1S/C16H10BrClF2N2O2/c17-10-4-5-13(23-16(19)20)12(8-10)15-22-21-14(24-15)7-9-2-1-3-11(18)6-9/h1-6,8,16H,7H2. The fourth-order valence-corrected chi connectivity index (χ4v) is 2.70. The lowest BCUT2D eigenvalue weighted by molar-refractivity contribution is -0.0495. The molecule has 8 heteroatoms. The minimum atomic E-state index is -2.95. The van der Waals surface area contributed by atoms with E-state index < -0.39 is 6.61 Å². The molecule has 0 saturated carbocycles. The summed E-state index contributed by atoms with van der Waals surface area (Å²) in [7, 11) is 0. The zero-order chi connectivity index (χ0) is 17.1. The second-order valence-electron chi connectivity index (χ2n) is 4.83. The summed E-state index contributed by atoms with van der Waals surface area (Å²) >= 11 is 9.22. The minimum Gasteiger partial charge on any atom is -0.434 e. The molecule has 0 atom stereocenters. The number of rotatable bonds is 5. The molecule has 0 fully saturated rings. The molecule has 0 N–H and O–H groups in total. The van der Waals surface area contributed by atoms with Gasteiger partial charge in [-0.05, 0) is 35.9 Å². The highest BCUT2D eigenvalue weighted by Crippen LogP contribution is 2.33. The van der Waals surface area contributed by atoms with Crippen LogP contribution in [0.1, 0.15) is 11.5 Å². The van der Waals surface area contributed by atoms with Gasteiger partial charge in [0, 0.05) is 9.50 Å². The Bertz CT molecular complexity index is 858. The molecule has 0 aliphatic rings. The van der Waals surface area contributed by atoms with Crippen molar-refractivity contribution in [1.29, 1.82) is 0 Å². The van der Waals surface area contributed by atoms with Gasteiger partial charge in [-0.3, -0.25) is 0 Å². The van der Waals surface area contributed by atoms with Crippen LogP contribution in [-0.4, -0.2) is 16.8 Å². The van der Waals surface area contributed by atoms with E-state index in [0.29, 0.717) is 21.8 Å². The van der Waals surface area contributed by atoms with Crippen molar-refractivity contribution in [3.05, 3.63) is 63.4 Å². The van der Waals surface area contributed by atoms with Gasteiger partial charge in [0.05, 0.1) is 12.0 Å². The molecule has 1 aromatic heterocycles. The molecule has 0 bridgehead atoms. The normalized spacial score (nSPS) is 11.0. The van der Waals surface area contributed by atoms with Gasteiger partial charge < -0.3 is 9.15 Å². The monoisotopic (exact) mass is 414 g/mol. The molecule has 4 nitrogen and oxygen atoms in total. The van der Waals surface area contributed by atoms with Gasteiger partial charge in [0.15, 0.2) is 0 Å². The Morgan fingerprint density at radius 3 is 2.75 bits per heavy atom. The molecule has 0 aliphatic heterocycles. The second kappa shape index (κ2) is 7.27. The van der Waals surface area contributed by atoms with Crippen LogP contribution in [-0.2, 0) is 6.42 Å². The fraction of sp³-hybridized carbons (Fsp3) is 0.125. The average Bonchev–Trinajstić information content (AvgIpc) is 2.97. The largest absolute Gasteiger partial charge is 0.434 e. The zero-order valence-electron chi connectivity index (χ0n) is 12.0. The minimum absolute atomic E-state index is 0.0360. The molecule has 0 radical (unpaired) electrons. The van der Waals surface area contributed by atoms with E-state index in [1.54, 1.807) is 24.3 Å². The highest BCUT2D eigenvalue weighted by Gasteiger charge is 2.17. The second-order valence-corrected chi connectivity index (χ2v) is 6.18. The molecule has 3 rings (SSSR count). The van der Waals surface area contributed by atoms with Crippen LogP contribution in [0.5, 0.6) is 5.75 Å². The number of nitrogens with zero attached hydrogens (tertiary/aromatic N) is 2. The lowest BCUT2D eigenvalue weighted by Crippen LogP contribution is -2.03. The highest BCUT2D eigenvalue weighted by molar-refractivity contribution is 9.10. The number of aromatic nitrogens is 2. The highest BCUT2D eigenvalue weighted by atomic mass is 79.9. The van der Waals surface area contributed by atoms with Crippen molar-refractivity contribution >= 4 is 27.5 Å². The summed E-state index contributed by atoms with van der Waals surface area (Å²) in [5.41, 5.74) is 1.19. The number of alkyl halides is 2. The third kappa shape index (κ3) is 4.10. The van der Waals surface area contributed by atoms with Crippen molar-refractivity contribution in [2.75, 3.05) is 0 Å². The van der Waals surface area contributed by atoms with Crippen molar-refractivity contribution < 1.29 is 17.9 Å². The van der Waals surface area contributed by atoms with Crippen molar-refractivity contribution in [1.82, 2.24) is 10.2 Å². The first-order valence-electron chi connectivity index (χ1n) is 6.83. The molecule has 2 aromatic carbocycles. The van der Waals surface area contributed by atoms with Gasteiger partial charge >= 0.3 is 6.61 Å². The van der Waals surface area contributed by atoms with Crippen molar-refractivity contribution in [3.8, 4) is 17.2 Å². The summed E-state index contributed by atoms with van der Waals surface area (Å²) < 4.78 is 35.8. The summed E-state index contributed by atoms with van der Waals surface area (Å²) in [4.78, 5) is 0. The molecule has 0 saturated heterocycles. The van der Waals surface area contributed by atoms with Crippen molar-refractivity contribution in [2.24, 2.45) is 0 Å². The maximum atomic E-state index is 12.5. The van der Waals surface area contributed by atoms with Crippen molar-refractivity contribution in [3.63, 3.8) is 0 Å². The summed E-state index contributed by atoms with van der Waals surface area (Å²) in [6.45, 7) is -2.95. The van der Waals surface area contributed by atoms with Gasteiger partial charge in [-0.15, -0.1) is 10.2 Å². The molecule has 0 amide bonds. The van der Waals surface area contributed by atoms with E-state index in [9.17, 15) is 8.78 Å². The Kier molecular flexibility index (Phi) is 5.11. The predicted molar refractivity (Wildman–Crippen MR) is 88.3 cm³/mol. The first-order valence-corrected chi connectivity index (χ1v) is 8.00. The summed E-state index contributed by atoms with van der Waals surface area (Å²) in [5, 5.41) is 8.47. The van der Waals surface area contributed by atoms with E-state index in [2.05, 4.69) is 30.9 Å². The quantitative estimate of drug-likeness (QED) is 0.564. The Morgan fingerprint density at radius 1 is 1.17 bits per heavy atom. The number of hydrogen-bond acceptors (Lipinski definition) is 4. The van der Waals surface area contributed by atoms with Gasteiger partial charge in [-0.1, -0.05) is 39.7 Å². The number of halogens is 4. The van der Waals surface area contributed by atoms with Gasteiger partial charge in [-0.25, -0.2) is 0 Å². The van der Waals surface area contributed by atoms with Gasteiger partial charge in [0.25, 0.3) is 5.89 Å². The Balaban J connectivity index is 1.89. The van der Waals surface area contributed by atoms with Crippen LogP contribution in [0.3, 0.4) is 0 Å². The molecular formula is C16H10BrClF2N2O2. The van der Waals surface area contributed by atoms with Crippen LogP contribution in [0.15, 0.2) is 51.4 Å². The maximum absolute atomic E-state index is 12.5. The molecule has 0 aliphatic carbocycles. The molecule has 24 heavy (non-hydrogen) atoms. The Labute approximate surface area is 149 Å². The van der Waals surface area contributed by atoms with E-state index in [0.717, 1.165) is 5.56 Å². The van der Waals surface area contributed by atoms with Crippen LogP contribution in [0.2, 0.25) is 5.02 Å². The number of ether oxygens (including phenoxy) is 1. The first kappa shape index (κ1) is 16.9. The van der Waals surface area contributed by atoms with Crippen LogP contribution >= 0.6 is 27.5 Å². The number of benzene rings is 2. The predicted octanol–water partition coefficient (Wildman–Crippen LogP) is 5.34. The van der Waals surface area contributed by atoms with Crippen LogP contribution in [0.25, 0.3) is 11.5 Å². The lowest BCUT2D eigenvalue weighted by atomic mass is 10.1. The molecule has 1 heterocycles. The molecule has 0 unspecified atom stereocenters. The van der Waals surface area contributed by atoms with Crippen LogP contribution in [0, 0.1) is 0 Å². The third-order valence-electron chi connectivity index (χ3n) is 3.10. The third-order valence-corrected chi connectivity index (χ3v) is 3.83. The van der Waals surface area contributed by atoms with E-state index in [-0.39, 0.29) is 17.2 Å². The smallest absolute Gasteiger partial charge is 0.387 e. The van der Waals surface area contributed by atoms with Crippen LogP contribution < -0.4 is 4.74 Å². The topological polar surface area (TPSA) is 48.2 Å². The lowest BCUT2D eigenvalue weighted by Gasteiger charge is -2.08. The zero-order valence-corrected chi connectivity index (χ0v) is 14.4. The summed E-state index contributed by atoms with van der Waals surface area (Å²) in [6.07, 6.45) is 0.382. The van der Waals surface area contributed by atoms with Gasteiger partial charge in [0.1, 0.15) is 5.75 Å². The fourth-order valence-electron chi connectivity index (χ4n) is 2.12. The van der Waals surface area contributed by atoms with Gasteiger partial charge in [-0.2, -0.15) is 8.78 Å². The molecule has 3 aromatic rings. The molecular weight excluding hydrogens is 406 g/mol.